The molecule has 2 amide bonds. The summed E-state index contributed by atoms with van der Waals surface area (Å²) in [5.74, 6) is 1.28. The summed E-state index contributed by atoms with van der Waals surface area (Å²) in [7, 11) is 0. The summed E-state index contributed by atoms with van der Waals surface area (Å²) in [6.45, 7) is 7.39. The van der Waals surface area contributed by atoms with Gasteiger partial charge in [0, 0.05) is 30.9 Å². The highest BCUT2D eigenvalue weighted by atomic mass is 79.9. The number of rotatable bonds is 5. The average Bonchev–Trinajstić information content (AvgIpc) is 3.22. The number of amides is 2. The Labute approximate surface area is 192 Å². The Kier molecular flexibility index (Phi) is 7.13. The minimum atomic E-state index is -0.343. The third-order valence-electron chi connectivity index (χ3n) is 6.36. The molecule has 1 aromatic carbocycles. The second-order valence-electron chi connectivity index (χ2n) is 8.88. The molecule has 4 rings (SSSR count). The Hall–Kier alpha value is -2.12. The topological polar surface area (TPSA) is 65.8 Å². The molecule has 0 radical (unpaired) electrons. The van der Waals surface area contributed by atoms with Gasteiger partial charge < -0.3 is 19.5 Å². The molecule has 1 aromatic heterocycles. The summed E-state index contributed by atoms with van der Waals surface area (Å²) < 4.78 is 5.80. The van der Waals surface area contributed by atoms with Gasteiger partial charge in [-0.25, -0.2) is 0 Å². The monoisotopic (exact) mass is 487 g/mol. The van der Waals surface area contributed by atoms with Crippen LogP contribution >= 0.6 is 15.9 Å². The highest BCUT2D eigenvalue weighted by Crippen LogP contribution is 2.24. The van der Waals surface area contributed by atoms with Gasteiger partial charge in [0.25, 0.3) is 11.8 Å². The quantitative estimate of drug-likeness (QED) is 0.652. The molecule has 0 bridgehead atoms. The molecular formula is C24H30BrN3O3. The van der Waals surface area contributed by atoms with E-state index in [1.54, 1.807) is 30.3 Å². The fourth-order valence-electron chi connectivity index (χ4n) is 4.55. The second-order valence-corrected chi connectivity index (χ2v) is 9.66. The lowest BCUT2D eigenvalue weighted by Crippen LogP contribution is -2.45. The third-order valence-corrected chi connectivity index (χ3v) is 6.79. The van der Waals surface area contributed by atoms with Gasteiger partial charge in [-0.3, -0.25) is 9.59 Å². The lowest BCUT2D eigenvalue weighted by atomic mass is 9.94. The van der Waals surface area contributed by atoms with E-state index in [1.807, 2.05) is 11.0 Å². The number of benzene rings is 1. The van der Waals surface area contributed by atoms with Gasteiger partial charge in [0.2, 0.25) is 0 Å². The standard InChI is InChI=1S/C24H30BrN3O3/c1-17-9-12-27(13-10-17)15-18-4-3-11-28(16-18)24(30)19-5-2-6-20(14-19)26-23(29)21-7-8-22(25)31-21/h2,5-8,14,17-18H,3-4,9-13,15-16H2,1H3,(H,26,29). The number of nitrogens with one attached hydrogen (secondary N) is 1. The molecule has 166 valence electrons. The SMILES string of the molecule is CC1CCN(CC2CCCN(C(=O)c3cccc(NC(=O)c4ccc(Br)o4)c3)C2)CC1. The fourth-order valence-corrected chi connectivity index (χ4v) is 4.86. The van der Waals surface area contributed by atoms with Gasteiger partial charge in [0.15, 0.2) is 10.4 Å². The predicted octanol–water partition coefficient (Wildman–Crippen LogP) is 4.88. The van der Waals surface area contributed by atoms with Gasteiger partial charge in [-0.2, -0.15) is 0 Å². The molecule has 2 aliphatic rings. The van der Waals surface area contributed by atoms with Crippen molar-refractivity contribution in [3.05, 3.63) is 52.4 Å². The normalized spacial score (nSPS) is 20.6. The van der Waals surface area contributed by atoms with E-state index in [4.69, 9.17) is 4.42 Å². The molecular weight excluding hydrogens is 458 g/mol. The van der Waals surface area contributed by atoms with Crippen LogP contribution in [-0.2, 0) is 0 Å². The average molecular weight is 488 g/mol. The van der Waals surface area contributed by atoms with Crippen molar-refractivity contribution in [2.75, 3.05) is 38.0 Å². The molecule has 7 heteroatoms. The summed E-state index contributed by atoms with van der Waals surface area (Å²) in [6.07, 6.45) is 4.79. The van der Waals surface area contributed by atoms with E-state index in [-0.39, 0.29) is 17.6 Å². The Balaban J connectivity index is 1.36. The summed E-state index contributed by atoms with van der Waals surface area (Å²) in [4.78, 5) is 30.1. The van der Waals surface area contributed by atoms with Crippen LogP contribution in [0.4, 0.5) is 5.69 Å². The second kappa shape index (κ2) is 10.0. The maximum Gasteiger partial charge on any atom is 0.291 e. The number of halogens is 1. The molecule has 31 heavy (non-hydrogen) atoms. The van der Waals surface area contributed by atoms with Gasteiger partial charge in [-0.15, -0.1) is 0 Å². The zero-order valence-corrected chi connectivity index (χ0v) is 19.6. The first kappa shape index (κ1) is 22.1. The maximum atomic E-state index is 13.2. The summed E-state index contributed by atoms with van der Waals surface area (Å²) in [5, 5.41) is 2.81. The van der Waals surface area contributed by atoms with E-state index >= 15 is 0 Å². The van der Waals surface area contributed by atoms with Crippen molar-refractivity contribution in [2.45, 2.75) is 32.6 Å². The zero-order chi connectivity index (χ0) is 21.8. The molecule has 6 nitrogen and oxygen atoms in total. The number of anilines is 1. The largest absolute Gasteiger partial charge is 0.444 e. The molecule has 1 unspecified atom stereocenters. The Morgan fingerprint density at radius 1 is 1.13 bits per heavy atom. The van der Waals surface area contributed by atoms with E-state index in [1.165, 1.54) is 32.4 Å². The fraction of sp³-hybridized carbons (Fsp3) is 0.500. The van der Waals surface area contributed by atoms with Crippen LogP contribution in [0.15, 0.2) is 45.5 Å². The van der Waals surface area contributed by atoms with Crippen LogP contribution in [0.5, 0.6) is 0 Å². The molecule has 0 saturated carbocycles. The van der Waals surface area contributed by atoms with E-state index in [9.17, 15) is 9.59 Å². The number of piperidine rings is 2. The van der Waals surface area contributed by atoms with Crippen LogP contribution in [0.2, 0.25) is 0 Å². The van der Waals surface area contributed by atoms with Crippen LogP contribution in [-0.4, -0.2) is 54.3 Å². The number of hydrogen-bond donors (Lipinski definition) is 1. The first-order chi connectivity index (χ1) is 15.0. The molecule has 1 atom stereocenters. The lowest BCUT2D eigenvalue weighted by molar-refractivity contribution is 0.0622. The van der Waals surface area contributed by atoms with Crippen LogP contribution in [0.25, 0.3) is 0 Å². The Morgan fingerprint density at radius 2 is 1.94 bits per heavy atom. The number of nitrogens with zero attached hydrogens (tertiary/aromatic N) is 2. The van der Waals surface area contributed by atoms with Gasteiger partial charge in [-0.05, 0) is 96.9 Å². The van der Waals surface area contributed by atoms with E-state index in [2.05, 4.69) is 33.1 Å². The van der Waals surface area contributed by atoms with Gasteiger partial charge in [0.1, 0.15) is 0 Å². The van der Waals surface area contributed by atoms with E-state index < -0.39 is 0 Å². The highest BCUT2D eigenvalue weighted by Gasteiger charge is 2.27. The van der Waals surface area contributed by atoms with Gasteiger partial charge in [-0.1, -0.05) is 13.0 Å². The number of carbonyl (C=O) groups is 2. The summed E-state index contributed by atoms with van der Waals surface area (Å²) >= 11 is 3.20. The van der Waals surface area contributed by atoms with E-state index in [0.717, 1.165) is 32.0 Å². The van der Waals surface area contributed by atoms with Crippen LogP contribution in [0.3, 0.4) is 0 Å². The number of furan rings is 1. The summed E-state index contributed by atoms with van der Waals surface area (Å²) in [6, 6.07) is 10.4. The van der Waals surface area contributed by atoms with Crippen molar-refractivity contribution in [2.24, 2.45) is 11.8 Å². The minimum Gasteiger partial charge on any atom is -0.444 e. The van der Waals surface area contributed by atoms with Crippen LogP contribution in [0.1, 0.15) is 53.5 Å². The molecule has 2 aromatic rings. The van der Waals surface area contributed by atoms with Crippen molar-refractivity contribution in [3.63, 3.8) is 0 Å². The lowest BCUT2D eigenvalue weighted by Gasteiger charge is -2.38. The smallest absolute Gasteiger partial charge is 0.291 e. The molecule has 2 fully saturated rings. The Bertz CT molecular complexity index is 920. The van der Waals surface area contributed by atoms with Crippen molar-refractivity contribution < 1.29 is 14.0 Å². The molecule has 2 saturated heterocycles. The minimum absolute atomic E-state index is 0.0359. The van der Waals surface area contributed by atoms with Crippen molar-refractivity contribution in [1.82, 2.24) is 9.80 Å². The molecule has 1 N–H and O–H groups in total. The molecule has 3 heterocycles. The first-order valence-electron chi connectivity index (χ1n) is 11.2. The van der Waals surface area contributed by atoms with Crippen molar-refractivity contribution in [1.29, 1.82) is 0 Å². The van der Waals surface area contributed by atoms with Crippen molar-refractivity contribution >= 4 is 33.4 Å². The van der Waals surface area contributed by atoms with E-state index in [0.29, 0.717) is 21.8 Å². The zero-order valence-electron chi connectivity index (χ0n) is 18.0. The van der Waals surface area contributed by atoms with Gasteiger partial charge in [0.05, 0.1) is 0 Å². The predicted molar refractivity (Wildman–Crippen MR) is 124 cm³/mol. The first-order valence-corrected chi connectivity index (χ1v) is 12.0. The molecule has 0 aliphatic carbocycles. The number of likely N-dealkylation sites (tertiary alicyclic amines) is 2. The third kappa shape index (κ3) is 5.77. The van der Waals surface area contributed by atoms with Gasteiger partial charge >= 0.3 is 0 Å². The molecule has 2 aliphatic heterocycles. The summed E-state index contributed by atoms with van der Waals surface area (Å²) in [5.41, 5.74) is 1.19. The molecule has 0 spiro atoms. The number of carbonyl (C=O) groups excluding carboxylic acids is 2. The highest BCUT2D eigenvalue weighted by molar-refractivity contribution is 9.10. The van der Waals surface area contributed by atoms with Crippen LogP contribution < -0.4 is 5.32 Å². The Morgan fingerprint density at radius 3 is 2.68 bits per heavy atom. The number of hydrogen-bond acceptors (Lipinski definition) is 4. The van der Waals surface area contributed by atoms with Crippen LogP contribution in [0, 0.1) is 11.8 Å². The van der Waals surface area contributed by atoms with Crippen molar-refractivity contribution in [3.8, 4) is 0 Å². The maximum absolute atomic E-state index is 13.2.